The second-order valence-corrected chi connectivity index (χ2v) is 6.04. The number of piperidine rings is 1. The van der Waals surface area contributed by atoms with Gasteiger partial charge in [0.1, 0.15) is 0 Å². The van der Waals surface area contributed by atoms with Gasteiger partial charge < -0.3 is 15.1 Å². The minimum absolute atomic E-state index is 0. The fourth-order valence-corrected chi connectivity index (χ4v) is 2.99. The van der Waals surface area contributed by atoms with Gasteiger partial charge in [-0.15, -0.1) is 24.0 Å². The van der Waals surface area contributed by atoms with E-state index in [2.05, 4.69) is 64.5 Å². The van der Waals surface area contributed by atoms with Crippen LogP contribution in [0.1, 0.15) is 18.4 Å². The van der Waals surface area contributed by atoms with E-state index < -0.39 is 0 Å². The standard InChI is InChI=1S/C17H28N4.HI/c1-18-17(19-12-16-10-7-11-20(2)13-16)21(3)14-15-8-5-4-6-9-15;/h4-6,8-9,16H,7,10-14H2,1-3H3,(H,18,19);1H. The van der Waals surface area contributed by atoms with Crippen molar-refractivity contribution in [3.8, 4) is 0 Å². The van der Waals surface area contributed by atoms with Crippen LogP contribution >= 0.6 is 24.0 Å². The summed E-state index contributed by atoms with van der Waals surface area (Å²) in [5, 5.41) is 3.53. The van der Waals surface area contributed by atoms with E-state index in [0.29, 0.717) is 0 Å². The smallest absolute Gasteiger partial charge is 0.193 e. The Morgan fingerprint density at radius 3 is 2.73 bits per heavy atom. The maximum atomic E-state index is 4.41. The lowest BCUT2D eigenvalue weighted by Crippen LogP contribution is -2.44. The van der Waals surface area contributed by atoms with Gasteiger partial charge in [-0.1, -0.05) is 30.3 Å². The van der Waals surface area contributed by atoms with Crippen molar-refractivity contribution in [2.75, 3.05) is 40.8 Å². The first kappa shape index (κ1) is 19.2. The van der Waals surface area contributed by atoms with Crippen molar-refractivity contribution >= 4 is 29.9 Å². The Balaban J connectivity index is 0.00000242. The van der Waals surface area contributed by atoms with E-state index in [1.807, 2.05) is 7.05 Å². The third-order valence-corrected chi connectivity index (χ3v) is 4.11. The molecule has 1 unspecified atom stereocenters. The Morgan fingerprint density at radius 2 is 2.09 bits per heavy atom. The number of guanidine groups is 1. The number of likely N-dealkylation sites (tertiary alicyclic amines) is 1. The van der Waals surface area contributed by atoms with Crippen LogP contribution in [0.5, 0.6) is 0 Å². The number of aliphatic imine (C=N–C) groups is 1. The molecule has 124 valence electrons. The van der Waals surface area contributed by atoms with E-state index in [1.54, 1.807) is 0 Å². The van der Waals surface area contributed by atoms with Crippen molar-refractivity contribution in [1.82, 2.24) is 15.1 Å². The van der Waals surface area contributed by atoms with Crippen molar-refractivity contribution in [3.63, 3.8) is 0 Å². The van der Waals surface area contributed by atoms with Gasteiger partial charge >= 0.3 is 0 Å². The summed E-state index contributed by atoms with van der Waals surface area (Å²) in [7, 11) is 6.16. The van der Waals surface area contributed by atoms with Crippen LogP contribution in [0, 0.1) is 5.92 Å². The maximum Gasteiger partial charge on any atom is 0.193 e. The van der Waals surface area contributed by atoms with E-state index in [4.69, 9.17) is 0 Å². The van der Waals surface area contributed by atoms with Gasteiger partial charge in [-0.05, 0) is 37.9 Å². The predicted molar refractivity (Wildman–Crippen MR) is 105 cm³/mol. The van der Waals surface area contributed by atoms with Gasteiger partial charge in [-0.3, -0.25) is 4.99 Å². The Hall–Kier alpha value is -0.820. The zero-order valence-electron chi connectivity index (χ0n) is 14.0. The van der Waals surface area contributed by atoms with Crippen LogP contribution in [-0.4, -0.2) is 56.5 Å². The van der Waals surface area contributed by atoms with Crippen molar-refractivity contribution in [2.24, 2.45) is 10.9 Å². The molecule has 1 aliphatic heterocycles. The quantitative estimate of drug-likeness (QED) is 0.465. The summed E-state index contributed by atoms with van der Waals surface area (Å²) < 4.78 is 0. The van der Waals surface area contributed by atoms with E-state index in [1.165, 1.54) is 31.5 Å². The minimum atomic E-state index is 0. The molecule has 4 nitrogen and oxygen atoms in total. The molecule has 1 aliphatic rings. The van der Waals surface area contributed by atoms with Crippen molar-refractivity contribution in [3.05, 3.63) is 35.9 Å². The van der Waals surface area contributed by atoms with E-state index in [9.17, 15) is 0 Å². The van der Waals surface area contributed by atoms with Crippen LogP contribution in [0.25, 0.3) is 0 Å². The Kier molecular flexibility index (Phi) is 8.78. The third-order valence-electron chi connectivity index (χ3n) is 4.11. The number of hydrogen-bond acceptors (Lipinski definition) is 2. The van der Waals surface area contributed by atoms with E-state index in [0.717, 1.165) is 25.0 Å². The zero-order valence-corrected chi connectivity index (χ0v) is 16.3. The zero-order chi connectivity index (χ0) is 15.1. The van der Waals surface area contributed by atoms with Gasteiger partial charge in [0.05, 0.1) is 0 Å². The molecular weight excluding hydrogens is 387 g/mol. The fraction of sp³-hybridized carbons (Fsp3) is 0.588. The monoisotopic (exact) mass is 416 g/mol. The molecule has 1 heterocycles. The molecule has 0 aliphatic carbocycles. The van der Waals surface area contributed by atoms with E-state index >= 15 is 0 Å². The Bertz CT molecular complexity index is 449. The Morgan fingerprint density at radius 1 is 1.36 bits per heavy atom. The second-order valence-electron chi connectivity index (χ2n) is 6.04. The molecule has 1 saturated heterocycles. The molecule has 1 N–H and O–H groups in total. The van der Waals surface area contributed by atoms with Crippen LogP contribution in [0.4, 0.5) is 0 Å². The topological polar surface area (TPSA) is 30.9 Å². The molecule has 0 radical (unpaired) electrons. The summed E-state index contributed by atoms with van der Waals surface area (Å²) in [5.74, 6) is 1.71. The van der Waals surface area contributed by atoms with Crippen LogP contribution in [0.2, 0.25) is 0 Å². The summed E-state index contributed by atoms with van der Waals surface area (Å²) in [6.45, 7) is 4.31. The van der Waals surface area contributed by atoms with Crippen LogP contribution < -0.4 is 5.32 Å². The van der Waals surface area contributed by atoms with Crippen molar-refractivity contribution < 1.29 is 0 Å². The number of halogens is 1. The predicted octanol–water partition coefficient (Wildman–Crippen LogP) is 2.65. The van der Waals surface area contributed by atoms with E-state index in [-0.39, 0.29) is 24.0 Å². The molecule has 0 spiro atoms. The van der Waals surface area contributed by atoms with Crippen LogP contribution in [0.3, 0.4) is 0 Å². The van der Waals surface area contributed by atoms with Gasteiger partial charge in [0.25, 0.3) is 0 Å². The molecule has 0 amide bonds. The molecule has 5 heteroatoms. The van der Waals surface area contributed by atoms with Crippen molar-refractivity contribution in [1.29, 1.82) is 0 Å². The molecule has 0 saturated carbocycles. The number of rotatable bonds is 4. The number of nitrogens with one attached hydrogen (secondary N) is 1. The minimum Gasteiger partial charge on any atom is -0.356 e. The first-order valence-electron chi connectivity index (χ1n) is 7.83. The molecule has 1 aromatic carbocycles. The average Bonchev–Trinajstić information content (AvgIpc) is 2.49. The highest BCUT2D eigenvalue weighted by Crippen LogP contribution is 2.14. The number of hydrogen-bond donors (Lipinski definition) is 1. The summed E-state index contributed by atoms with van der Waals surface area (Å²) in [4.78, 5) is 9.01. The Labute approximate surface area is 152 Å². The van der Waals surface area contributed by atoms with Gasteiger partial charge in [-0.25, -0.2) is 0 Å². The van der Waals surface area contributed by atoms with Gasteiger partial charge in [0, 0.05) is 33.7 Å². The maximum absolute atomic E-state index is 4.41. The highest BCUT2D eigenvalue weighted by atomic mass is 127. The largest absolute Gasteiger partial charge is 0.356 e. The molecule has 1 fully saturated rings. The fourth-order valence-electron chi connectivity index (χ4n) is 2.99. The molecule has 1 atom stereocenters. The molecule has 2 rings (SSSR count). The van der Waals surface area contributed by atoms with Gasteiger partial charge in [-0.2, -0.15) is 0 Å². The number of benzene rings is 1. The van der Waals surface area contributed by atoms with Crippen LogP contribution in [0.15, 0.2) is 35.3 Å². The lowest BCUT2D eigenvalue weighted by atomic mass is 9.98. The first-order chi connectivity index (χ1) is 10.2. The molecule has 0 aromatic heterocycles. The SMILES string of the molecule is CN=C(NCC1CCCN(C)C1)N(C)Cc1ccccc1.I. The van der Waals surface area contributed by atoms with Crippen LogP contribution in [-0.2, 0) is 6.54 Å². The molecule has 1 aromatic rings. The highest BCUT2D eigenvalue weighted by Gasteiger charge is 2.17. The normalized spacial score (nSPS) is 19.4. The summed E-state index contributed by atoms with van der Waals surface area (Å²) in [6, 6.07) is 10.5. The first-order valence-corrected chi connectivity index (χ1v) is 7.83. The summed E-state index contributed by atoms with van der Waals surface area (Å²) in [5.41, 5.74) is 1.31. The van der Waals surface area contributed by atoms with Crippen molar-refractivity contribution in [2.45, 2.75) is 19.4 Å². The lowest BCUT2D eigenvalue weighted by molar-refractivity contribution is 0.209. The van der Waals surface area contributed by atoms with Gasteiger partial charge in [0.2, 0.25) is 0 Å². The lowest BCUT2D eigenvalue weighted by Gasteiger charge is -2.31. The molecular formula is C17H29IN4. The molecule has 22 heavy (non-hydrogen) atoms. The number of nitrogens with zero attached hydrogens (tertiary/aromatic N) is 3. The summed E-state index contributed by atoms with van der Waals surface area (Å²) in [6.07, 6.45) is 2.62. The third kappa shape index (κ3) is 6.12. The highest BCUT2D eigenvalue weighted by molar-refractivity contribution is 14.0. The average molecular weight is 416 g/mol. The summed E-state index contributed by atoms with van der Waals surface area (Å²) >= 11 is 0. The second kappa shape index (κ2) is 10.0. The molecule has 0 bridgehead atoms. The van der Waals surface area contributed by atoms with Gasteiger partial charge in [0.15, 0.2) is 5.96 Å².